The van der Waals surface area contributed by atoms with Crippen molar-refractivity contribution in [1.29, 1.82) is 0 Å². The molecule has 0 bridgehead atoms. The van der Waals surface area contributed by atoms with Crippen LogP contribution >= 0.6 is 0 Å². The first kappa shape index (κ1) is 19.2. The van der Waals surface area contributed by atoms with Crippen LogP contribution in [0.4, 0.5) is 5.69 Å². The Labute approximate surface area is 164 Å². The molecule has 0 aliphatic rings. The molecule has 0 aliphatic heterocycles. The molecule has 0 atom stereocenters. The Balaban J connectivity index is 1.70. The minimum absolute atomic E-state index is 0.389. The number of carbonyl (C=O) groups is 1. The molecule has 0 saturated carbocycles. The van der Waals surface area contributed by atoms with Gasteiger partial charge in [0.1, 0.15) is 11.5 Å². The van der Waals surface area contributed by atoms with E-state index in [-0.39, 0.29) is 5.97 Å². The van der Waals surface area contributed by atoms with Gasteiger partial charge in [-0.05, 0) is 67.1 Å². The molecule has 0 heterocycles. The Morgan fingerprint density at radius 2 is 1.64 bits per heavy atom. The third kappa shape index (κ3) is 5.45. The van der Waals surface area contributed by atoms with Crippen LogP contribution in [0.25, 0.3) is 0 Å². The van der Waals surface area contributed by atoms with E-state index >= 15 is 0 Å². The number of benzene rings is 3. The van der Waals surface area contributed by atoms with E-state index in [2.05, 4.69) is 4.99 Å². The molecule has 0 spiro atoms. The molecule has 0 saturated heterocycles. The van der Waals surface area contributed by atoms with Gasteiger partial charge in [0.05, 0.1) is 12.3 Å². The number of aliphatic imine (C=N–C) groups is 1. The SMILES string of the molecule is CCOc1cc(C=Nc2ccc(Oc3ccccc3)cc2)ccc1OC(C)=O. The van der Waals surface area contributed by atoms with Gasteiger partial charge in [-0.2, -0.15) is 0 Å². The minimum Gasteiger partial charge on any atom is -0.490 e. The quantitative estimate of drug-likeness (QED) is 0.308. The summed E-state index contributed by atoms with van der Waals surface area (Å²) in [4.78, 5) is 15.7. The molecule has 5 nitrogen and oxygen atoms in total. The van der Waals surface area contributed by atoms with Gasteiger partial charge in [-0.15, -0.1) is 0 Å². The van der Waals surface area contributed by atoms with Crippen LogP contribution < -0.4 is 14.2 Å². The molecule has 3 aromatic carbocycles. The number of carbonyl (C=O) groups excluding carboxylic acids is 1. The van der Waals surface area contributed by atoms with E-state index in [0.717, 1.165) is 22.7 Å². The number of esters is 1. The monoisotopic (exact) mass is 375 g/mol. The molecular formula is C23H21NO4. The van der Waals surface area contributed by atoms with Gasteiger partial charge in [0, 0.05) is 13.1 Å². The second kappa shape index (κ2) is 9.37. The molecule has 0 fully saturated rings. The average molecular weight is 375 g/mol. The Bertz CT molecular complexity index is 950. The van der Waals surface area contributed by atoms with E-state index in [1.165, 1.54) is 6.92 Å². The zero-order valence-corrected chi connectivity index (χ0v) is 15.8. The summed E-state index contributed by atoms with van der Waals surface area (Å²) in [6.07, 6.45) is 1.73. The van der Waals surface area contributed by atoms with Gasteiger partial charge in [-0.3, -0.25) is 9.79 Å². The lowest BCUT2D eigenvalue weighted by atomic mass is 10.2. The van der Waals surface area contributed by atoms with Crippen molar-refractivity contribution in [1.82, 2.24) is 0 Å². The van der Waals surface area contributed by atoms with Gasteiger partial charge in [0.15, 0.2) is 11.5 Å². The van der Waals surface area contributed by atoms with Crippen LogP contribution in [0.15, 0.2) is 77.8 Å². The van der Waals surface area contributed by atoms with Gasteiger partial charge in [0.25, 0.3) is 0 Å². The van der Waals surface area contributed by atoms with Gasteiger partial charge in [-0.1, -0.05) is 18.2 Å². The molecule has 142 valence electrons. The molecule has 0 radical (unpaired) electrons. The fourth-order valence-electron chi connectivity index (χ4n) is 2.49. The zero-order valence-electron chi connectivity index (χ0n) is 15.8. The summed E-state index contributed by atoms with van der Waals surface area (Å²) < 4.78 is 16.5. The molecule has 0 aliphatic carbocycles. The van der Waals surface area contributed by atoms with Gasteiger partial charge < -0.3 is 14.2 Å². The maximum Gasteiger partial charge on any atom is 0.308 e. The first-order valence-corrected chi connectivity index (χ1v) is 8.96. The number of nitrogens with zero attached hydrogens (tertiary/aromatic N) is 1. The second-order valence-corrected chi connectivity index (χ2v) is 5.90. The van der Waals surface area contributed by atoms with E-state index in [9.17, 15) is 4.79 Å². The smallest absolute Gasteiger partial charge is 0.308 e. The highest BCUT2D eigenvalue weighted by molar-refractivity contribution is 5.83. The fourth-order valence-corrected chi connectivity index (χ4v) is 2.49. The van der Waals surface area contributed by atoms with Crippen LogP contribution in [0.5, 0.6) is 23.0 Å². The summed E-state index contributed by atoms with van der Waals surface area (Å²) in [5.74, 6) is 2.05. The van der Waals surface area contributed by atoms with E-state index < -0.39 is 0 Å². The van der Waals surface area contributed by atoms with Crippen LogP contribution in [0.2, 0.25) is 0 Å². The average Bonchev–Trinajstić information content (AvgIpc) is 2.70. The van der Waals surface area contributed by atoms with Crippen LogP contribution in [0, 0.1) is 0 Å². The van der Waals surface area contributed by atoms with E-state index in [1.807, 2.05) is 67.6 Å². The number of hydrogen-bond acceptors (Lipinski definition) is 5. The Morgan fingerprint density at radius 1 is 0.929 bits per heavy atom. The highest BCUT2D eigenvalue weighted by Gasteiger charge is 2.08. The van der Waals surface area contributed by atoms with Crippen LogP contribution in [-0.4, -0.2) is 18.8 Å². The van der Waals surface area contributed by atoms with E-state index in [1.54, 1.807) is 18.3 Å². The van der Waals surface area contributed by atoms with Crippen molar-refractivity contribution in [2.24, 2.45) is 4.99 Å². The van der Waals surface area contributed by atoms with E-state index in [0.29, 0.717) is 18.1 Å². The number of para-hydroxylation sites is 1. The lowest BCUT2D eigenvalue weighted by Crippen LogP contribution is -2.04. The molecule has 28 heavy (non-hydrogen) atoms. The van der Waals surface area contributed by atoms with Crippen LogP contribution in [-0.2, 0) is 4.79 Å². The van der Waals surface area contributed by atoms with Crippen LogP contribution in [0.1, 0.15) is 19.4 Å². The molecule has 0 aromatic heterocycles. The van der Waals surface area contributed by atoms with Gasteiger partial charge >= 0.3 is 5.97 Å². The highest BCUT2D eigenvalue weighted by Crippen LogP contribution is 2.29. The third-order valence-corrected chi connectivity index (χ3v) is 3.70. The normalized spacial score (nSPS) is 10.6. The first-order chi connectivity index (χ1) is 13.6. The van der Waals surface area contributed by atoms with Gasteiger partial charge in [-0.25, -0.2) is 0 Å². The van der Waals surface area contributed by atoms with Crippen LogP contribution in [0.3, 0.4) is 0 Å². The summed E-state index contributed by atoms with van der Waals surface area (Å²) in [5.41, 5.74) is 1.63. The summed E-state index contributed by atoms with van der Waals surface area (Å²) in [7, 11) is 0. The van der Waals surface area contributed by atoms with Crippen molar-refractivity contribution >= 4 is 17.9 Å². The van der Waals surface area contributed by atoms with E-state index in [4.69, 9.17) is 14.2 Å². The number of ether oxygens (including phenoxy) is 3. The van der Waals surface area contributed by atoms with Crippen molar-refractivity contribution in [2.45, 2.75) is 13.8 Å². The Morgan fingerprint density at radius 3 is 2.32 bits per heavy atom. The van der Waals surface area contributed by atoms with Gasteiger partial charge in [0.2, 0.25) is 0 Å². The molecule has 3 aromatic rings. The maximum absolute atomic E-state index is 11.2. The molecule has 5 heteroatoms. The Kier molecular flexibility index (Phi) is 6.41. The standard InChI is InChI=1S/C23H21NO4/c1-3-26-23-15-18(9-14-22(23)27-17(2)25)16-24-19-10-12-21(13-11-19)28-20-7-5-4-6-8-20/h4-16H,3H2,1-2H3. The third-order valence-electron chi connectivity index (χ3n) is 3.70. The lowest BCUT2D eigenvalue weighted by molar-refractivity contribution is -0.132. The summed E-state index contributed by atoms with van der Waals surface area (Å²) in [5, 5.41) is 0. The van der Waals surface area contributed by atoms with Crippen molar-refractivity contribution in [3.8, 4) is 23.0 Å². The zero-order chi connectivity index (χ0) is 19.8. The highest BCUT2D eigenvalue weighted by atomic mass is 16.6. The van der Waals surface area contributed by atoms with Crippen molar-refractivity contribution in [3.63, 3.8) is 0 Å². The summed E-state index contributed by atoms with van der Waals surface area (Å²) >= 11 is 0. The van der Waals surface area contributed by atoms with Crippen molar-refractivity contribution in [3.05, 3.63) is 78.4 Å². The number of rotatable bonds is 7. The molecule has 3 rings (SSSR count). The summed E-state index contributed by atoms with van der Waals surface area (Å²) in [6.45, 7) is 3.70. The molecular weight excluding hydrogens is 354 g/mol. The Hall–Kier alpha value is -3.60. The van der Waals surface area contributed by atoms with Crippen molar-refractivity contribution in [2.75, 3.05) is 6.61 Å². The molecule has 0 N–H and O–H groups in total. The number of hydrogen-bond donors (Lipinski definition) is 0. The summed E-state index contributed by atoms with van der Waals surface area (Å²) in [6, 6.07) is 22.4. The minimum atomic E-state index is -0.389. The van der Waals surface area contributed by atoms with Crippen molar-refractivity contribution < 1.29 is 19.0 Å². The predicted octanol–water partition coefficient (Wildman–Crippen LogP) is 5.55. The fraction of sp³-hybridized carbons (Fsp3) is 0.130. The first-order valence-electron chi connectivity index (χ1n) is 8.96. The lowest BCUT2D eigenvalue weighted by Gasteiger charge is -2.10. The molecule has 0 unspecified atom stereocenters. The maximum atomic E-state index is 11.2. The predicted molar refractivity (Wildman–Crippen MR) is 109 cm³/mol. The largest absolute Gasteiger partial charge is 0.490 e. The second-order valence-electron chi connectivity index (χ2n) is 5.90. The topological polar surface area (TPSA) is 57.1 Å². The molecule has 0 amide bonds.